The lowest BCUT2D eigenvalue weighted by Gasteiger charge is -2.20. The predicted octanol–water partition coefficient (Wildman–Crippen LogP) is 2.58. The molecule has 1 fully saturated rings. The van der Waals surface area contributed by atoms with Gasteiger partial charge in [-0.3, -0.25) is 9.59 Å². The minimum absolute atomic E-state index is 0.0355. The van der Waals surface area contributed by atoms with Crippen LogP contribution < -0.4 is 10.2 Å². The van der Waals surface area contributed by atoms with E-state index in [1.807, 2.05) is 39.0 Å². The molecule has 1 atom stereocenters. The van der Waals surface area contributed by atoms with Gasteiger partial charge in [0.15, 0.2) is 0 Å². The fourth-order valence-electron chi connectivity index (χ4n) is 2.32. The molecule has 0 radical (unpaired) electrons. The summed E-state index contributed by atoms with van der Waals surface area (Å²) in [7, 11) is 0. The number of aryl methyl sites for hydroxylation is 1. The van der Waals surface area contributed by atoms with Gasteiger partial charge in [0.2, 0.25) is 11.8 Å². The van der Waals surface area contributed by atoms with Gasteiger partial charge >= 0.3 is 0 Å². The van der Waals surface area contributed by atoms with E-state index in [1.165, 1.54) is 0 Å². The Kier molecular flexibility index (Phi) is 4.32. The minimum atomic E-state index is -0.0889. The molecule has 2 amide bonds. The second-order valence-electron chi connectivity index (χ2n) is 5.72. The van der Waals surface area contributed by atoms with Crippen LogP contribution in [0.2, 0.25) is 0 Å². The van der Waals surface area contributed by atoms with Gasteiger partial charge in [-0.2, -0.15) is 0 Å². The van der Waals surface area contributed by atoms with Gasteiger partial charge in [-0.1, -0.05) is 19.9 Å². The molecule has 0 aliphatic carbocycles. The maximum atomic E-state index is 12.1. The molecule has 1 aliphatic rings. The van der Waals surface area contributed by atoms with E-state index in [9.17, 15) is 9.59 Å². The van der Waals surface area contributed by atoms with E-state index in [2.05, 4.69) is 11.2 Å². The molecule has 21 heavy (non-hydrogen) atoms. The number of nitrogens with zero attached hydrogens (tertiary/aromatic N) is 1. The summed E-state index contributed by atoms with van der Waals surface area (Å²) >= 11 is 0. The van der Waals surface area contributed by atoms with Crippen LogP contribution in [-0.2, 0) is 9.59 Å². The maximum Gasteiger partial charge on any atom is 0.228 e. The first-order valence-corrected chi connectivity index (χ1v) is 7.10. The molecule has 1 heterocycles. The van der Waals surface area contributed by atoms with E-state index in [1.54, 1.807) is 4.90 Å². The predicted molar refractivity (Wildman–Crippen MR) is 83.9 cm³/mol. The van der Waals surface area contributed by atoms with Crippen LogP contribution in [0.3, 0.4) is 0 Å². The van der Waals surface area contributed by atoms with Crippen molar-refractivity contribution in [2.45, 2.75) is 27.2 Å². The second-order valence-corrected chi connectivity index (χ2v) is 5.72. The lowest BCUT2D eigenvalue weighted by atomic mass is 10.1. The molecule has 0 bridgehead atoms. The zero-order valence-corrected chi connectivity index (χ0v) is 12.6. The standard InChI is InChI=1S/C17H20N2O2/c1-5-13-8-16(20)19(10-13)15-9-14(7-6-12(15)4)18-17(21)11(2)3/h1,6-7,9,11,13H,8,10H2,2-4H3,(H,18,21). The highest BCUT2D eigenvalue weighted by Crippen LogP contribution is 2.30. The Hall–Kier alpha value is -2.28. The van der Waals surface area contributed by atoms with E-state index >= 15 is 0 Å². The Morgan fingerprint density at radius 1 is 1.48 bits per heavy atom. The molecular formula is C17H20N2O2. The van der Waals surface area contributed by atoms with Gasteiger partial charge in [-0.05, 0) is 24.6 Å². The molecule has 4 nitrogen and oxygen atoms in total. The first-order valence-electron chi connectivity index (χ1n) is 7.10. The molecule has 1 saturated heterocycles. The SMILES string of the molecule is C#CC1CC(=O)N(c2cc(NC(=O)C(C)C)ccc2C)C1. The lowest BCUT2D eigenvalue weighted by Crippen LogP contribution is -2.25. The summed E-state index contributed by atoms with van der Waals surface area (Å²) in [4.78, 5) is 25.6. The van der Waals surface area contributed by atoms with Crippen molar-refractivity contribution < 1.29 is 9.59 Å². The van der Waals surface area contributed by atoms with E-state index < -0.39 is 0 Å². The third-order valence-corrected chi connectivity index (χ3v) is 3.65. The van der Waals surface area contributed by atoms with E-state index in [4.69, 9.17) is 6.42 Å². The average Bonchev–Trinajstić information content (AvgIpc) is 2.82. The van der Waals surface area contributed by atoms with Crippen LogP contribution in [0.25, 0.3) is 0 Å². The normalized spacial score (nSPS) is 18.0. The number of amides is 2. The van der Waals surface area contributed by atoms with E-state index in [-0.39, 0.29) is 23.7 Å². The van der Waals surface area contributed by atoms with Crippen molar-refractivity contribution in [3.05, 3.63) is 23.8 Å². The molecular weight excluding hydrogens is 264 g/mol. The summed E-state index contributed by atoms with van der Waals surface area (Å²) in [6, 6.07) is 5.59. The first kappa shape index (κ1) is 15.1. The van der Waals surface area contributed by atoms with Crippen LogP contribution >= 0.6 is 0 Å². The van der Waals surface area contributed by atoms with Crippen LogP contribution in [0, 0.1) is 31.1 Å². The van der Waals surface area contributed by atoms with Gasteiger partial charge in [-0.25, -0.2) is 0 Å². The molecule has 2 rings (SSSR count). The van der Waals surface area contributed by atoms with Crippen molar-refractivity contribution in [2.75, 3.05) is 16.8 Å². The Morgan fingerprint density at radius 2 is 2.19 bits per heavy atom. The molecule has 4 heteroatoms. The van der Waals surface area contributed by atoms with Gasteiger partial charge in [0.25, 0.3) is 0 Å². The average molecular weight is 284 g/mol. The Labute approximate surface area is 125 Å². The monoisotopic (exact) mass is 284 g/mol. The summed E-state index contributed by atoms with van der Waals surface area (Å²) in [5, 5.41) is 2.86. The van der Waals surface area contributed by atoms with Crippen LogP contribution in [0.15, 0.2) is 18.2 Å². The Bertz CT molecular complexity index is 614. The lowest BCUT2D eigenvalue weighted by molar-refractivity contribution is -0.119. The molecule has 0 saturated carbocycles. The highest BCUT2D eigenvalue weighted by atomic mass is 16.2. The van der Waals surface area contributed by atoms with E-state index in [0.29, 0.717) is 18.7 Å². The summed E-state index contributed by atoms with van der Waals surface area (Å²) < 4.78 is 0. The quantitative estimate of drug-likeness (QED) is 0.867. The number of hydrogen-bond donors (Lipinski definition) is 1. The summed E-state index contributed by atoms with van der Waals surface area (Å²) in [5.74, 6) is 2.51. The molecule has 1 aromatic rings. The van der Waals surface area contributed by atoms with Crippen LogP contribution in [0.4, 0.5) is 11.4 Å². The molecule has 1 aliphatic heterocycles. The summed E-state index contributed by atoms with van der Waals surface area (Å²) in [6.07, 6.45) is 5.80. The number of benzene rings is 1. The third kappa shape index (κ3) is 3.25. The van der Waals surface area contributed by atoms with Crippen molar-refractivity contribution in [3.8, 4) is 12.3 Å². The molecule has 0 aromatic heterocycles. The summed E-state index contributed by atoms with van der Waals surface area (Å²) in [5.41, 5.74) is 2.51. The smallest absolute Gasteiger partial charge is 0.228 e. The van der Waals surface area contributed by atoms with Gasteiger partial charge < -0.3 is 10.2 Å². The van der Waals surface area contributed by atoms with Gasteiger partial charge in [0.1, 0.15) is 0 Å². The van der Waals surface area contributed by atoms with Crippen molar-refractivity contribution in [2.24, 2.45) is 11.8 Å². The van der Waals surface area contributed by atoms with Gasteiger partial charge in [0, 0.05) is 36.2 Å². The molecule has 1 aromatic carbocycles. The first-order chi connectivity index (χ1) is 9.92. The number of anilines is 2. The zero-order valence-electron chi connectivity index (χ0n) is 12.6. The fraction of sp³-hybridized carbons (Fsp3) is 0.412. The number of carbonyl (C=O) groups is 2. The maximum absolute atomic E-state index is 12.1. The number of carbonyl (C=O) groups excluding carboxylic acids is 2. The van der Waals surface area contributed by atoms with Crippen LogP contribution in [0.1, 0.15) is 25.8 Å². The molecule has 1 N–H and O–H groups in total. The second kappa shape index (κ2) is 6.01. The largest absolute Gasteiger partial charge is 0.326 e. The van der Waals surface area contributed by atoms with Crippen molar-refractivity contribution in [1.29, 1.82) is 0 Å². The molecule has 110 valence electrons. The number of rotatable bonds is 3. The Balaban J connectivity index is 2.26. The Morgan fingerprint density at radius 3 is 2.76 bits per heavy atom. The van der Waals surface area contributed by atoms with Crippen molar-refractivity contribution >= 4 is 23.2 Å². The number of terminal acetylenes is 1. The molecule has 1 unspecified atom stereocenters. The van der Waals surface area contributed by atoms with Crippen LogP contribution in [0.5, 0.6) is 0 Å². The number of nitrogens with one attached hydrogen (secondary N) is 1. The zero-order chi connectivity index (χ0) is 15.6. The van der Waals surface area contributed by atoms with Crippen molar-refractivity contribution in [1.82, 2.24) is 0 Å². The van der Waals surface area contributed by atoms with Crippen molar-refractivity contribution in [3.63, 3.8) is 0 Å². The third-order valence-electron chi connectivity index (χ3n) is 3.65. The molecule has 0 spiro atoms. The number of hydrogen-bond acceptors (Lipinski definition) is 2. The van der Waals surface area contributed by atoms with Crippen LogP contribution in [-0.4, -0.2) is 18.4 Å². The summed E-state index contributed by atoms with van der Waals surface area (Å²) in [6.45, 7) is 6.16. The topological polar surface area (TPSA) is 49.4 Å². The van der Waals surface area contributed by atoms with Gasteiger partial charge in [-0.15, -0.1) is 12.3 Å². The van der Waals surface area contributed by atoms with E-state index in [0.717, 1.165) is 11.3 Å². The van der Waals surface area contributed by atoms with Gasteiger partial charge in [0.05, 0.1) is 0 Å². The highest BCUT2D eigenvalue weighted by Gasteiger charge is 2.30. The minimum Gasteiger partial charge on any atom is -0.326 e. The fourth-order valence-corrected chi connectivity index (χ4v) is 2.32. The highest BCUT2D eigenvalue weighted by molar-refractivity contribution is 5.98.